The van der Waals surface area contributed by atoms with E-state index in [1.807, 2.05) is 7.05 Å². The van der Waals surface area contributed by atoms with Crippen LogP contribution < -0.4 is 5.32 Å². The van der Waals surface area contributed by atoms with Gasteiger partial charge in [-0.25, -0.2) is 0 Å². The highest BCUT2D eigenvalue weighted by Crippen LogP contribution is 2.34. The Labute approximate surface area is 113 Å². The second-order valence-corrected chi connectivity index (χ2v) is 6.71. The van der Waals surface area contributed by atoms with Crippen LogP contribution in [0.5, 0.6) is 0 Å². The Bertz CT molecular complexity index is 227. The van der Waals surface area contributed by atoms with Gasteiger partial charge in [0.15, 0.2) is 0 Å². The first-order chi connectivity index (χ1) is 8.37. The molecule has 1 N–H and O–H groups in total. The Kier molecular flexibility index (Phi) is 6.09. The van der Waals surface area contributed by atoms with E-state index in [0.717, 1.165) is 12.5 Å². The Balaban J connectivity index is 2.34. The van der Waals surface area contributed by atoms with E-state index in [4.69, 9.17) is 9.47 Å². The first-order valence-electron chi connectivity index (χ1n) is 7.29. The minimum atomic E-state index is -0.0688. The lowest BCUT2D eigenvalue weighted by Gasteiger charge is -2.39. The van der Waals surface area contributed by atoms with E-state index in [1.165, 1.54) is 25.7 Å². The molecule has 0 spiro atoms. The number of hydrogen-bond donors (Lipinski definition) is 1. The number of hydrogen-bond acceptors (Lipinski definition) is 3. The van der Waals surface area contributed by atoms with Crippen LogP contribution in [-0.2, 0) is 9.47 Å². The molecule has 1 aliphatic carbocycles. The summed E-state index contributed by atoms with van der Waals surface area (Å²) >= 11 is 0. The van der Waals surface area contributed by atoms with E-state index in [1.54, 1.807) is 0 Å². The first kappa shape index (κ1) is 15.9. The highest BCUT2D eigenvalue weighted by molar-refractivity contribution is 4.88. The van der Waals surface area contributed by atoms with Crippen LogP contribution in [0.15, 0.2) is 0 Å². The van der Waals surface area contributed by atoms with Crippen molar-refractivity contribution >= 4 is 0 Å². The summed E-state index contributed by atoms with van der Waals surface area (Å²) in [6.45, 7) is 10.9. The molecule has 0 bridgehead atoms. The predicted molar refractivity (Wildman–Crippen MR) is 75.9 cm³/mol. The smallest absolute Gasteiger partial charge is 0.0807 e. The van der Waals surface area contributed by atoms with Crippen LogP contribution in [0.25, 0.3) is 0 Å². The Morgan fingerprint density at radius 2 is 1.78 bits per heavy atom. The predicted octanol–water partition coefficient (Wildman–Crippen LogP) is 2.99. The number of rotatable bonds is 6. The molecule has 1 rings (SSSR count). The van der Waals surface area contributed by atoms with Gasteiger partial charge in [0.25, 0.3) is 0 Å². The average Bonchev–Trinajstić information content (AvgIpc) is 2.28. The van der Waals surface area contributed by atoms with Gasteiger partial charge >= 0.3 is 0 Å². The topological polar surface area (TPSA) is 30.5 Å². The van der Waals surface area contributed by atoms with E-state index in [-0.39, 0.29) is 11.2 Å². The van der Waals surface area contributed by atoms with E-state index < -0.39 is 0 Å². The molecule has 0 amide bonds. The zero-order valence-electron chi connectivity index (χ0n) is 12.8. The molecule has 0 aromatic rings. The van der Waals surface area contributed by atoms with Gasteiger partial charge in [-0.2, -0.15) is 0 Å². The molecule has 1 aliphatic rings. The van der Waals surface area contributed by atoms with Crippen LogP contribution in [0, 0.1) is 5.92 Å². The molecule has 0 unspecified atom stereocenters. The molecule has 18 heavy (non-hydrogen) atoms. The third-order valence-electron chi connectivity index (χ3n) is 3.71. The summed E-state index contributed by atoms with van der Waals surface area (Å²) in [5.41, 5.74) is -0.0247. The quantitative estimate of drug-likeness (QED) is 0.742. The van der Waals surface area contributed by atoms with E-state index in [0.29, 0.717) is 13.2 Å². The largest absolute Gasteiger partial charge is 0.373 e. The lowest BCUT2D eigenvalue weighted by atomic mass is 9.79. The number of ether oxygens (including phenoxy) is 2. The molecular formula is C15H31NO2. The van der Waals surface area contributed by atoms with Gasteiger partial charge in [0, 0.05) is 6.54 Å². The van der Waals surface area contributed by atoms with Crippen molar-refractivity contribution in [3.05, 3.63) is 0 Å². The fourth-order valence-corrected chi connectivity index (χ4v) is 2.59. The van der Waals surface area contributed by atoms with Gasteiger partial charge in [0.05, 0.1) is 24.4 Å². The fraction of sp³-hybridized carbons (Fsp3) is 1.00. The van der Waals surface area contributed by atoms with E-state index in [9.17, 15) is 0 Å². The summed E-state index contributed by atoms with van der Waals surface area (Å²) < 4.78 is 11.9. The van der Waals surface area contributed by atoms with Crippen molar-refractivity contribution in [3.63, 3.8) is 0 Å². The molecule has 1 saturated carbocycles. The number of nitrogens with one attached hydrogen (secondary N) is 1. The molecule has 0 aromatic heterocycles. The summed E-state index contributed by atoms with van der Waals surface area (Å²) in [6.07, 6.45) is 4.90. The van der Waals surface area contributed by atoms with Crippen molar-refractivity contribution in [1.29, 1.82) is 0 Å². The zero-order valence-corrected chi connectivity index (χ0v) is 12.8. The minimum absolute atomic E-state index is 0.0442. The molecule has 0 radical (unpaired) electrons. The fourth-order valence-electron chi connectivity index (χ4n) is 2.59. The minimum Gasteiger partial charge on any atom is -0.373 e. The molecule has 0 aromatic carbocycles. The molecule has 0 heterocycles. The molecular weight excluding hydrogens is 226 g/mol. The van der Waals surface area contributed by atoms with Crippen LogP contribution in [0.1, 0.15) is 53.4 Å². The van der Waals surface area contributed by atoms with Gasteiger partial charge in [-0.1, -0.05) is 6.92 Å². The standard InChI is InChI=1S/C15H31NO2/c1-13-6-8-15(9-7-13,12-16-5)18-11-10-17-14(2,3)4/h13,16H,6-12H2,1-5H3. The van der Waals surface area contributed by atoms with E-state index >= 15 is 0 Å². The van der Waals surface area contributed by atoms with Crippen LogP contribution in [-0.4, -0.2) is 38.0 Å². The van der Waals surface area contributed by atoms with Gasteiger partial charge in [-0.05, 0) is 59.4 Å². The highest BCUT2D eigenvalue weighted by atomic mass is 16.5. The van der Waals surface area contributed by atoms with Crippen LogP contribution in [0.4, 0.5) is 0 Å². The first-order valence-corrected chi connectivity index (χ1v) is 7.29. The van der Waals surface area contributed by atoms with Crippen molar-refractivity contribution in [3.8, 4) is 0 Å². The van der Waals surface area contributed by atoms with Crippen LogP contribution in [0.3, 0.4) is 0 Å². The monoisotopic (exact) mass is 257 g/mol. The lowest BCUT2D eigenvalue weighted by Crippen LogP contribution is -2.45. The van der Waals surface area contributed by atoms with Gasteiger partial charge in [0.1, 0.15) is 0 Å². The lowest BCUT2D eigenvalue weighted by molar-refractivity contribution is -0.108. The average molecular weight is 257 g/mol. The molecule has 108 valence electrons. The molecule has 0 saturated heterocycles. The molecule has 3 nitrogen and oxygen atoms in total. The van der Waals surface area contributed by atoms with Crippen molar-refractivity contribution < 1.29 is 9.47 Å². The normalized spacial score (nSPS) is 29.5. The summed E-state index contributed by atoms with van der Waals surface area (Å²) in [5, 5.41) is 3.28. The van der Waals surface area contributed by atoms with Crippen molar-refractivity contribution in [2.45, 2.75) is 64.6 Å². The van der Waals surface area contributed by atoms with Crippen LogP contribution in [0.2, 0.25) is 0 Å². The summed E-state index contributed by atoms with van der Waals surface area (Å²) in [5.74, 6) is 0.851. The second kappa shape index (κ2) is 6.88. The van der Waals surface area contributed by atoms with Gasteiger partial charge < -0.3 is 14.8 Å². The maximum Gasteiger partial charge on any atom is 0.0807 e. The van der Waals surface area contributed by atoms with Gasteiger partial charge in [-0.3, -0.25) is 0 Å². The molecule has 1 fully saturated rings. The molecule has 3 heteroatoms. The van der Waals surface area contributed by atoms with Crippen molar-refractivity contribution in [2.24, 2.45) is 5.92 Å². The Hall–Kier alpha value is -0.120. The van der Waals surface area contributed by atoms with Crippen LogP contribution >= 0.6 is 0 Å². The third-order valence-corrected chi connectivity index (χ3v) is 3.71. The third kappa shape index (κ3) is 5.68. The van der Waals surface area contributed by atoms with E-state index in [2.05, 4.69) is 33.0 Å². The molecule has 0 aliphatic heterocycles. The number of likely N-dealkylation sites (N-methyl/N-ethyl adjacent to an activating group) is 1. The Morgan fingerprint density at radius 1 is 1.17 bits per heavy atom. The SMILES string of the molecule is CNCC1(OCCOC(C)(C)C)CCC(C)CC1. The zero-order chi connectivity index (χ0) is 13.6. The maximum atomic E-state index is 6.17. The summed E-state index contributed by atoms with van der Waals surface area (Å²) in [7, 11) is 2.01. The molecule has 0 atom stereocenters. The maximum absolute atomic E-state index is 6.17. The summed E-state index contributed by atoms with van der Waals surface area (Å²) in [4.78, 5) is 0. The highest BCUT2D eigenvalue weighted by Gasteiger charge is 2.34. The Morgan fingerprint density at radius 3 is 2.28 bits per heavy atom. The summed E-state index contributed by atoms with van der Waals surface area (Å²) in [6, 6.07) is 0. The van der Waals surface area contributed by atoms with Gasteiger partial charge in [-0.15, -0.1) is 0 Å². The second-order valence-electron chi connectivity index (χ2n) is 6.71. The van der Waals surface area contributed by atoms with Gasteiger partial charge in [0.2, 0.25) is 0 Å². The van der Waals surface area contributed by atoms with Crippen molar-refractivity contribution in [1.82, 2.24) is 5.32 Å². The van der Waals surface area contributed by atoms with Crippen molar-refractivity contribution in [2.75, 3.05) is 26.8 Å².